The lowest BCUT2D eigenvalue weighted by molar-refractivity contribution is 0.177. The van der Waals surface area contributed by atoms with E-state index in [4.69, 9.17) is 4.74 Å². The zero-order valence-corrected chi connectivity index (χ0v) is 15.8. The highest BCUT2D eigenvalue weighted by Crippen LogP contribution is 2.31. The molecule has 1 aromatic carbocycles. The predicted octanol–water partition coefficient (Wildman–Crippen LogP) is 2.12. The largest absolute Gasteiger partial charge is 0.381 e. The van der Waals surface area contributed by atoms with Gasteiger partial charge in [0.2, 0.25) is 5.95 Å². The molecule has 2 saturated heterocycles. The third-order valence-electron chi connectivity index (χ3n) is 5.78. The summed E-state index contributed by atoms with van der Waals surface area (Å²) >= 11 is 0. The molecule has 0 amide bonds. The Morgan fingerprint density at radius 1 is 1.11 bits per heavy atom. The van der Waals surface area contributed by atoms with E-state index in [1.165, 1.54) is 5.56 Å². The molecule has 2 atom stereocenters. The van der Waals surface area contributed by atoms with E-state index in [0.717, 1.165) is 43.1 Å². The highest BCUT2D eigenvalue weighted by atomic mass is 16.5. The summed E-state index contributed by atoms with van der Waals surface area (Å²) in [5, 5.41) is 5.15. The summed E-state index contributed by atoms with van der Waals surface area (Å²) in [6.07, 6.45) is 1.78. The lowest BCUT2D eigenvalue weighted by Crippen LogP contribution is -2.26. The van der Waals surface area contributed by atoms with Crippen LogP contribution in [0.25, 0.3) is 16.7 Å². The quantitative estimate of drug-likeness (QED) is 0.753. The fourth-order valence-electron chi connectivity index (χ4n) is 4.56. The van der Waals surface area contributed by atoms with Crippen LogP contribution in [0.15, 0.2) is 23.1 Å². The molecular formula is C20H23N5O2. The van der Waals surface area contributed by atoms with E-state index in [0.29, 0.717) is 28.8 Å². The summed E-state index contributed by atoms with van der Waals surface area (Å²) in [5.41, 5.74) is 4.83. The predicted molar refractivity (Wildman–Crippen MR) is 104 cm³/mol. The van der Waals surface area contributed by atoms with Gasteiger partial charge in [0, 0.05) is 31.1 Å². The highest BCUT2D eigenvalue weighted by Gasteiger charge is 2.38. The first-order valence-corrected chi connectivity index (χ1v) is 9.40. The highest BCUT2D eigenvalue weighted by molar-refractivity contribution is 5.75. The number of hydrogen-bond acceptors (Lipinski definition) is 5. The smallest absolute Gasteiger partial charge is 0.263 e. The van der Waals surface area contributed by atoms with Crippen LogP contribution in [0.4, 0.5) is 5.95 Å². The van der Waals surface area contributed by atoms with E-state index in [-0.39, 0.29) is 5.56 Å². The van der Waals surface area contributed by atoms with Crippen LogP contribution in [0.3, 0.4) is 0 Å². The lowest BCUT2D eigenvalue weighted by Gasteiger charge is -2.17. The van der Waals surface area contributed by atoms with E-state index in [1.807, 2.05) is 0 Å². The van der Waals surface area contributed by atoms with Gasteiger partial charge in [-0.3, -0.25) is 9.78 Å². The van der Waals surface area contributed by atoms with Crippen LogP contribution in [-0.2, 0) is 4.74 Å². The molecule has 1 N–H and O–H groups in total. The molecule has 5 rings (SSSR count). The van der Waals surface area contributed by atoms with Crippen molar-refractivity contribution < 1.29 is 4.74 Å². The fourth-order valence-corrected chi connectivity index (χ4v) is 4.56. The first-order chi connectivity index (χ1) is 13.0. The van der Waals surface area contributed by atoms with Crippen LogP contribution in [0.1, 0.15) is 16.7 Å². The third kappa shape index (κ3) is 2.65. The number of aryl methyl sites for hydroxylation is 3. The van der Waals surface area contributed by atoms with Crippen molar-refractivity contribution in [3.8, 4) is 5.69 Å². The molecule has 0 aliphatic carbocycles. The summed E-state index contributed by atoms with van der Waals surface area (Å²) in [7, 11) is 0. The fraction of sp³-hybridized carbons (Fsp3) is 0.450. The van der Waals surface area contributed by atoms with Gasteiger partial charge in [-0.1, -0.05) is 17.7 Å². The Bertz CT molecular complexity index is 1060. The second-order valence-corrected chi connectivity index (χ2v) is 7.91. The number of nitrogens with zero attached hydrogens (tertiary/aromatic N) is 4. The second-order valence-electron chi connectivity index (χ2n) is 7.91. The van der Waals surface area contributed by atoms with Gasteiger partial charge in [-0.15, -0.1) is 5.10 Å². The number of nitrogens with one attached hydrogen (secondary N) is 1. The first kappa shape index (κ1) is 16.5. The van der Waals surface area contributed by atoms with Crippen molar-refractivity contribution in [1.82, 2.24) is 19.7 Å². The number of anilines is 1. The molecule has 0 radical (unpaired) electrons. The Morgan fingerprint density at radius 3 is 2.44 bits per heavy atom. The van der Waals surface area contributed by atoms with Crippen LogP contribution in [-0.4, -0.2) is 46.1 Å². The number of H-pyrrole nitrogens is 1. The van der Waals surface area contributed by atoms with Gasteiger partial charge in [0.05, 0.1) is 18.9 Å². The molecule has 0 spiro atoms. The number of rotatable bonds is 2. The van der Waals surface area contributed by atoms with Gasteiger partial charge in [0.1, 0.15) is 5.39 Å². The molecule has 140 valence electrons. The summed E-state index contributed by atoms with van der Waals surface area (Å²) in [5.74, 6) is 1.67. The minimum Gasteiger partial charge on any atom is -0.381 e. The van der Waals surface area contributed by atoms with E-state index >= 15 is 0 Å². The van der Waals surface area contributed by atoms with Gasteiger partial charge in [0.25, 0.3) is 5.56 Å². The third-order valence-corrected chi connectivity index (χ3v) is 5.78. The number of fused-ring (bicyclic) bond motifs is 2. The molecule has 2 aliphatic rings. The SMILES string of the molecule is Cc1cc(C)c(-n2cc3c(=O)[nH]c(N4CC5COCC5C4)nc3n2)c(C)c1. The van der Waals surface area contributed by atoms with Crippen LogP contribution >= 0.6 is 0 Å². The average molecular weight is 365 g/mol. The molecule has 4 heterocycles. The zero-order chi connectivity index (χ0) is 18.7. The minimum atomic E-state index is -0.142. The van der Waals surface area contributed by atoms with Crippen LogP contribution in [0, 0.1) is 32.6 Å². The van der Waals surface area contributed by atoms with E-state index in [1.54, 1.807) is 10.9 Å². The van der Waals surface area contributed by atoms with Crippen molar-refractivity contribution in [2.45, 2.75) is 20.8 Å². The molecule has 2 aromatic heterocycles. The Labute approximate surface area is 157 Å². The summed E-state index contributed by atoms with van der Waals surface area (Å²) in [6, 6.07) is 4.26. The molecule has 3 aromatic rings. The molecule has 2 fully saturated rings. The molecule has 2 aliphatic heterocycles. The summed E-state index contributed by atoms with van der Waals surface area (Å²) in [4.78, 5) is 22.4. The van der Waals surface area contributed by atoms with E-state index < -0.39 is 0 Å². The number of hydrogen-bond donors (Lipinski definition) is 1. The Balaban J connectivity index is 1.57. The monoisotopic (exact) mass is 365 g/mol. The summed E-state index contributed by atoms with van der Waals surface area (Å²) in [6.45, 7) is 9.55. The summed E-state index contributed by atoms with van der Waals surface area (Å²) < 4.78 is 7.32. The molecule has 7 heteroatoms. The van der Waals surface area contributed by atoms with Crippen molar-refractivity contribution in [3.05, 3.63) is 45.4 Å². The standard InChI is InChI=1S/C20H23N5O2/c1-11-4-12(2)17(13(3)5-11)25-8-16-18(23-25)21-20(22-19(16)26)24-6-14-9-27-10-15(14)7-24/h4-5,8,14-15H,6-7,9-10H2,1-3H3,(H,21,22,23,26). The van der Waals surface area contributed by atoms with Gasteiger partial charge in [0.15, 0.2) is 5.65 Å². The van der Waals surface area contributed by atoms with Crippen LogP contribution in [0.5, 0.6) is 0 Å². The number of ether oxygens (including phenoxy) is 1. The maximum Gasteiger partial charge on any atom is 0.263 e. The second kappa shape index (κ2) is 5.92. The zero-order valence-electron chi connectivity index (χ0n) is 15.8. The maximum absolute atomic E-state index is 12.7. The first-order valence-electron chi connectivity index (χ1n) is 9.40. The van der Waals surface area contributed by atoms with Crippen molar-refractivity contribution in [3.63, 3.8) is 0 Å². The van der Waals surface area contributed by atoms with E-state index in [2.05, 4.69) is 52.9 Å². The van der Waals surface area contributed by atoms with Gasteiger partial charge < -0.3 is 9.64 Å². The van der Waals surface area contributed by atoms with Crippen LogP contribution in [0.2, 0.25) is 0 Å². The van der Waals surface area contributed by atoms with Gasteiger partial charge >= 0.3 is 0 Å². The molecule has 2 unspecified atom stereocenters. The normalized spacial score (nSPS) is 22.0. The Kier molecular flexibility index (Phi) is 3.62. The Morgan fingerprint density at radius 2 is 1.78 bits per heavy atom. The Hall–Kier alpha value is -2.67. The van der Waals surface area contributed by atoms with E-state index in [9.17, 15) is 4.79 Å². The number of benzene rings is 1. The van der Waals surface area contributed by atoms with Crippen molar-refractivity contribution in [2.24, 2.45) is 11.8 Å². The van der Waals surface area contributed by atoms with Crippen LogP contribution < -0.4 is 10.5 Å². The van der Waals surface area contributed by atoms with Gasteiger partial charge in [-0.25, -0.2) is 4.68 Å². The molecule has 0 saturated carbocycles. The van der Waals surface area contributed by atoms with Gasteiger partial charge in [-0.2, -0.15) is 4.98 Å². The maximum atomic E-state index is 12.7. The number of aromatic amines is 1. The molecule has 7 nitrogen and oxygen atoms in total. The molecule has 0 bridgehead atoms. The van der Waals surface area contributed by atoms with Crippen molar-refractivity contribution >= 4 is 17.0 Å². The minimum absolute atomic E-state index is 0.142. The topological polar surface area (TPSA) is 76.0 Å². The average Bonchev–Trinajstić information content (AvgIpc) is 3.27. The number of aromatic nitrogens is 4. The van der Waals surface area contributed by atoms with Crippen molar-refractivity contribution in [1.29, 1.82) is 0 Å². The molecule has 27 heavy (non-hydrogen) atoms. The van der Waals surface area contributed by atoms with Gasteiger partial charge in [-0.05, 0) is 31.9 Å². The van der Waals surface area contributed by atoms with Crippen molar-refractivity contribution in [2.75, 3.05) is 31.2 Å². The lowest BCUT2D eigenvalue weighted by atomic mass is 10.0. The molecular weight excluding hydrogens is 342 g/mol.